The number of anilines is 1. The molecule has 2 aromatic rings. The van der Waals surface area contributed by atoms with Gasteiger partial charge in [-0.25, -0.2) is 0 Å². The van der Waals surface area contributed by atoms with Crippen LogP contribution in [0.5, 0.6) is 5.75 Å². The van der Waals surface area contributed by atoms with Gasteiger partial charge in [0, 0.05) is 38.9 Å². The van der Waals surface area contributed by atoms with Gasteiger partial charge in [-0.3, -0.25) is 9.79 Å². The number of rotatable bonds is 7. The van der Waals surface area contributed by atoms with E-state index in [0.29, 0.717) is 32.1 Å². The van der Waals surface area contributed by atoms with Crippen LogP contribution in [0.1, 0.15) is 11.1 Å². The molecule has 0 aromatic heterocycles. The van der Waals surface area contributed by atoms with E-state index >= 15 is 0 Å². The van der Waals surface area contributed by atoms with Crippen molar-refractivity contribution in [2.24, 2.45) is 4.99 Å². The third kappa shape index (κ3) is 7.36. The second-order valence-corrected chi connectivity index (χ2v) is 7.27. The van der Waals surface area contributed by atoms with E-state index in [0.717, 1.165) is 23.4 Å². The second kappa shape index (κ2) is 10.7. The van der Waals surface area contributed by atoms with Gasteiger partial charge in [0.15, 0.2) is 12.6 Å². The summed E-state index contributed by atoms with van der Waals surface area (Å²) in [6.07, 6.45) is -4.36. The fourth-order valence-corrected chi connectivity index (χ4v) is 3.14. The minimum absolute atomic E-state index is 0.0281. The zero-order chi connectivity index (χ0) is 23.0. The molecule has 3 N–H and O–H groups in total. The Balaban J connectivity index is 1.44. The lowest BCUT2D eigenvalue weighted by Crippen LogP contribution is -2.47. The van der Waals surface area contributed by atoms with E-state index < -0.39 is 12.8 Å². The van der Waals surface area contributed by atoms with Crippen molar-refractivity contribution in [3.8, 4) is 5.75 Å². The molecule has 172 valence electrons. The predicted molar refractivity (Wildman–Crippen MR) is 117 cm³/mol. The minimum Gasteiger partial charge on any atom is -0.484 e. The van der Waals surface area contributed by atoms with Crippen LogP contribution in [0.15, 0.2) is 53.5 Å². The molecule has 2 aromatic carbocycles. The number of hydrogen-bond acceptors (Lipinski definition) is 4. The molecule has 1 amide bonds. The van der Waals surface area contributed by atoms with E-state index in [2.05, 4.69) is 20.9 Å². The van der Waals surface area contributed by atoms with Gasteiger partial charge in [0.25, 0.3) is 0 Å². The first-order valence-electron chi connectivity index (χ1n) is 10.2. The highest BCUT2D eigenvalue weighted by molar-refractivity contribution is 5.82. The molecular formula is C22H26F3N5O2. The van der Waals surface area contributed by atoms with Gasteiger partial charge in [-0.15, -0.1) is 0 Å². The van der Waals surface area contributed by atoms with E-state index in [9.17, 15) is 18.0 Å². The summed E-state index contributed by atoms with van der Waals surface area (Å²) in [5, 5.41) is 9.20. The number of carbonyl (C=O) groups is 1. The zero-order valence-electron chi connectivity index (χ0n) is 17.7. The van der Waals surface area contributed by atoms with Crippen molar-refractivity contribution < 1.29 is 22.7 Å². The molecule has 1 saturated heterocycles. The van der Waals surface area contributed by atoms with Crippen molar-refractivity contribution in [1.29, 1.82) is 0 Å². The molecular weight excluding hydrogens is 423 g/mol. The molecule has 1 fully saturated rings. The van der Waals surface area contributed by atoms with E-state index in [1.807, 2.05) is 29.2 Å². The number of amides is 1. The van der Waals surface area contributed by atoms with Crippen LogP contribution in [0.3, 0.4) is 0 Å². The highest BCUT2D eigenvalue weighted by Gasteiger charge is 2.28. The summed E-state index contributed by atoms with van der Waals surface area (Å²) < 4.78 is 41.3. The van der Waals surface area contributed by atoms with Crippen LogP contribution in [0.25, 0.3) is 0 Å². The number of carbonyl (C=O) groups excluding carboxylic acids is 1. The largest absolute Gasteiger partial charge is 0.484 e. The third-order valence-corrected chi connectivity index (χ3v) is 4.81. The smallest absolute Gasteiger partial charge is 0.422 e. The SMILES string of the molecule is CN=C(NCc1ccc(OCC(F)(F)F)cc1)NCc1ccc(N2CCNC(=O)C2)cc1. The minimum atomic E-state index is -4.36. The van der Waals surface area contributed by atoms with E-state index in [1.165, 1.54) is 12.1 Å². The lowest BCUT2D eigenvalue weighted by molar-refractivity contribution is -0.153. The Hall–Kier alpha value is -3.43. The fraction of sp³-hybridized carbons (Fsp3) is 0.364. The molecule has 3 rings (SSSR count). The Morgan fingerprint density at radius 1 is 1.06 bits per heavy atom. The Morgan fingerprint density at radius 3 is 2.19 bits per heavy atom. The lowest BCUT2D eigenvalue weighted by atomic mass is 10.2. The van der Waals surface area contributed by atoms with Gasteiger partial charge in [0.05, 0.1) is 6.54 Å². The van der Waals surface area contributed by atoms with Crippen LogP contribution < -0.4 is 25.6 Å². The van der Waals surface area contributed by atoms with Crippen molar-refractivity contribution in [1.82, 2.24) is 16.0 Å². The highest BCUT2D eigenvalue weighted by atomic mass is 19.4. The van der Waals surface area contributed by atoms with E-state index in [4.69, 9.17) is 4.74 Å². The topological polar surface area (TPSA) is 78.0 Å². The standard InChI is InChI=1S/C22H26F3N5O2/c1-26-21(29-13-17-4-8-19(9-5-17)32-15-22(23,24)25)28-12-16-2-6-18(7-3-16)30-11-10-27-20(31)14-30/h2-9H,10-15H2,1H3,(H,27,31)(H2,26,28,29). The van der Waals surface area contributed by atoms with Crippen LogP contribution in [0, 0.1) is 0 Å². The summed E-state index contributed by atoms with van der Waals surface area (Å²) >= 11 is 0. The van der Waals surface area contributed by atoms with Crippen LogP contribution >= 0.6 is 0 Å². The summed E-state index contributed by atoms with van der Waals surface area (Å²) in [6.45, 7) is 1.50. The molecule has 32 heavy (non-hydrogen) atoms. The number of nitrogens with zero attached hydrogens (tertiary/aromatic N) is 2. The molecule has 1 heterocycles. The van der Waals surface area contributed by atoms with Crippen LogP contribution in [0.4, 0.5) is 18.9 Å². The normalized spacial score (nSPS) is 14.7. The summed E-state index contributed by atoms with van der Waals surface area (Å²) in [6, 6.07) is 14.4. The Labute approximate surface area is 184 Å². The molecule has 10 heteroatoms. The van der Waals surface area contributed by atoms with Crippen molar-refractivity contribution >= 4 is 17.6 Å². The summed E-state index contributed by atoms with van der Waals surface area (Å²) in [5.74, 6) is 0.793. The van der Waals surface area contributed by atoms with Gasteiger partial charge in [-0.2, -0.15) is 13.2 Å². The Bertz CT molecular complexity index is 915. The third-order valence-electron chi connectivity index (χ3n) is 4.81. The second-order valence-electron chi connectivity index (χ2n) is 7.27. The molecule has 0 spiro atoms. The lowest BCUT2D eigenvalue weighted by Gasteiger charge is -2.28. The average Bonchev–Trinajstić information content (AvgIpc) is 2.78. The first-order valence-corrected chi connectivity index (χ1v) is 10.2. The van der Waals surface area contributed by atoms with Crippen LogP contribution in [-0.4, -0.2) is 51.3 Å². The van der Waals surface area contributed by atoms with Gasteiger partial charge < -0.3 is 25.6 Å². The number of hydrogen-bond donors (Lipinski definition) is 3. The van der Waals surface area contributed by atoms with E-state index in [1.54, 1.807) is 19.2 Å². The fourth-order valence-electron chi connectivity index (χ4n) is 3.14. The van der Waals surface area contributed by atoms with Gasteiger partial charge in [0.1, 0.15) is 5.75 Å². The number of halogens is 3. The number of piperazine rings is 1. The van der Waals surface area contributed by atoms with Gasteiger partial charge >= 0.3 is 6.18 Å². The number of nitrogens with one attached hydrogen (secondary N) is 3. The maximum absolute atomic E-state index is 12.2. The van der Waals surface area contributed by atoms with Gasteiger partial charge in [0.2, 0.25) is 5.91 Å². The summed E-state index contributed by atoms with van der Waals surface area (Å²) in [7, 11) is 1.66. The molecule has 1 aliphatic rings. The number of alkyl halides is 3. The maximum Gasteiger partial charge on any atom is 0.422 e. The molecule has 0 unspecified atom stereocenters. The molecule has 0 radical (unpaired) electrons. The maximum atomic E-state index is 12.2. The first-order chi connectivity index (χ1) is 15.3. The van der Waals surface area contributed by atoms with E-state index in [-0.39, 0.29) is 11.7 Å². The highest BCUT2D eigenvalue weighted by Crippen LogP contribution is 2.19. The number of ether oxygens (including phenoxy) is 1. The molecule has 0 atom stereocenters. The molecule has 0 bridgehead atoms. The number of aliphatic imine (C=N–C) groups is 1. The van der Waals surface area contributed by atoms with Crippen molar-refractivity contribution in [3.63, 3.8) is 0 Å². The molecule has 7 nitrogen and oxygen atoms in total. The van der Waals surface area contributed by atoms with Gasteiger partial charge in [-0.05, 0) is 35.4 Å². The van der Waals surface area contributed by atoms with Crippen LogP contribution in [0.2, 0.25) is 0 Å². The van der Waals surface area contributed by atoms with Crippen molar-refractivity contribution in [2.45, 2.75) is 19.3 Å². The molecule has 0 aliphatic carbocycles. The number of guanidine groups is 1. The van der Waals surface area contributed by atoms with Gasteiger partial charge in [-0.1, -0.05) is 24.3 Å². The number of benzene rings is 2. The summed E-state index contributed by atoms with van der Waals surface area (Å²) in [4.78, 5) is 17.8. The quantitative estimate of drug-likeness (QED) is 0.447. The van der Waals surface area contributed by atoms with Crippen molar-refractivity contribution in [3.05, 3.63) is 59.7 Å². The van der Waals surface area contributed by atoms with Crippen LogP contribution in [-0.2, 0) is 17.9 Å². The molecule has 0 saturated carbocycles. The Morgan fingerprint density at radius 2 is 1.66 bits per heavy atom. The summed E-state index contributed by atoms with van der Waals surface area (Å²) in [5.41, 5.74) is 2.94. The zero-order valence-corrected chi connectivity index (χ0v) is 17.7. The predicted octanol–water partition coefficient (Wildman–Crippen LogP) is 2.43. The Kier molecular flexibility index (Phi) is 7.80. The molecule has 1 aliphatic heterocycles. The average molecular weight is 449 g/mol. The first kappa shape index (κ1) is 23.2. The van der Waals surface area contributed by atoms with Crippen molar-refractivity contribution in [2.75, 3.05) is 38.2 Å². The monoisotopic (exact) mass is 449 g/mol.